The molecule has 0 amide bonds. The molecule has 2 aromatic carbocycles. The van der Waals surface area contributed by atoms with Crippen molar-refractivity contribution in [1.29, 1.82) is 5.26 Å². The van der Waals surface area contributed by atoms with Crippen LogP contribution in [0.15, 0.2) is 36.4 Å². The van der Waals surface area contributed by atoms with Crippen LogP contribution in [0, 0.1) is 23.0 Å². The summed E-state index contributed by atoms with van der Waals surface area (Å²) >= 11 is 0. The minimum atomic E-state index is -0.574. The van der Waals surface area contributed by atoms with Crippen molar-refractivity contribution < 1.29 is 13.9 Å². The van der Waals surface area contributed by atoms with Gasteiger partial charge in [-0.05, 0) is 31.2 Å². The van der Waals surface area contributed by atoms with Crippen LogP contribution >= 0.6 is 0 Å². The van der Waals surface area contributed by atoms with E-state index in [1.165, 1.54) is 24.3 Å². The van der Waals surface area contributed by atoms with E-state index in [2.05, 4.69) is 5.32 Å². The highest BCUT2D eigenvalue weighted by Gasteiger charge is 2.13. The van der Waals surface area contributed by atoms with Crippen molar-refractivity contribution >= 4 is 5.69 Å². The molecule has 0 spiro atoms. The number of benzene rings is 2. The van der Waals surface area contributed by atoms with Crippen molar-refractivity contribution in [2.45, 2.75) is 13.0 Å². The van der Waals surface area contributed by atoms with Crippen LogP contribution in [0.3, 0.4) is 0 Å². The molecule has 20 heavy (non-hydrogen) atoms. The highest BCUT2D eigenvalue weighted by molar-refractivity contribution is 5.50. The lowest BCUT2D eigenvalue weighted by atomic mass is 10.1. The number of anilines is 1. The third kappa shape index (κ3) is 2.86. The fourth-order valence-electron chi connectivity index (χ4n) is 1.88. The first-order valence-corrected chi connectivity index (χ1v) is 5.96. The molecular formula is C15H12F2N2O. The second-order valence-electron chi connectivity index (χ2n) is 4.38. The van der Waals surface area contributed by atoms with Crippen molar-refractivity contribution in [3.05, 3.63) is 59.2 Å². The van der Waals surface area contributed by atoms with E-state index < -0.39 is 17.7 Å². The lowest BCUT2D eigenvalue weighted by Gasteiger charge is -2.17. The molecule has 2 aromatic rings. The van der Waals surface area contributed by atoms with Gasteiger partial charge in [0.1, 0.15) is 17.4 Å². The first-order chi connectivity index (χ1) is 9.51. The molecule has 0 aliphatic rings. The van der Waals surface area contributed by atoms with E-state index in [1.54, 1.807) is 6.92 Å². The Hall–Kier alpha value is -2.61. The van der Waals surface area contributed by atoms with E-state index in [0.717, 1.165) is 12.1 Å². The molecule has 0 heterocycles. The number of nitriles is 1. The van der Waals surface area contributed by atoms with Crippen molar-refractivity contribution in [2.24, 2.45) is 0 Å². The van der Waals surface area contributed by atoms with Crippen LogP contribution < -0.4 is 5.32 Å². The number of phenols is 1. The van der Waals surface area contributed by atoms with Crippen molar-refractivity contribution in [3.63, 3.8) is 0 Å². The summed E-state index contributed by atoms with van der Waals surface area (Å²) in [6, 6.07) is 9.18. The number of nitrogens with zero attached hydrogens (tertiary/aromatic N) is 1. The minimum Gasteiger partial charge on any atom is -0.508 e. The summed E-state index contributed by atoms with van der Waals surface area (Å²) in [5.74, 6) is -1.31. The number of hydrogen-bond acceptors (Lipinski definition) is 3. The summed E-state index contributed by atoms with van der Waals surface area (Å²) in [4.78, 5) is 0. The molecule has 3 nitrogen and oxygen atoms in total. The predicted octanol–water partition coefficient (Wildman–Crippen LogP) is 3.72. The maximum absolute atomic E-state index is 13.7. The number of nitrogens with one attached hydrogen (secondary N) is 1. The van der Waals surface area contributed by atoms with Crippen LogP contribution in [0.25, 0.3) is 0 Å². The minimum absolute atomic E-state index is 0.164. The van der Waals surface area contributed by atoms with Crippen molar-refractivity contribution in [3.8, 4) is 11.8 Å². The Morgan fingerprint density at radius 1 is 1.15 bits per heavy atom. The highest BCUT2D eigenvalue weighted by Crippen LogP contribution is 2.26. The summed E-state index contributed by atoms with van der Waals surface area (Å²) in [6.45, 7) is 1.67. The number of aromatic hydroxyl groups is 1. The van der Waals surface area contributed by atoms with Gasteiger partial charge in [0, 0.05) is 11.6 Å². The third-order valence-electron chi connectivity index (χ3n) is 2.92. The molecule has 5 heteroatoms. The van der Waals surface area contributed by atoms with Crippen LogP contribution in [0.2, 0.25) is 0 Å². The van der Waals surface area contributed by atoms with E-state index in [0.29, 0.717) is 5.56 Å². The van der Waals surface area contributed by atoms with Crippen LogP contribution in [-0.2, 0) is 0 Å². The molecule has 0 saturated heterocycles. The van der Waals surface area contributed by atoms with Gasteiger partial charge in [-0.25, -0.2) is 8.78 Å². The molecule has 0 bridgehead atoms. The Morgan fingerprint density at radius 3 is 2.50 bits per heavy atom. The van der Waals surface area contributed by atoms with Gasteiger partial charge in [0.2, 0.25) is 0 Å². The van der Waals surface area contributed by atoms with Gasteiger partial charge < -0.3 is 10.4 Å². The van der Waals surface area contributed by atoms with E-state index >= 15 is 0 Å². The molecule has 1 unspecified atom stereocenters. The molecule has 2 rings (SSSR count). The Morgan fingerprint density at radius 2 is 1.90 bits per heavy atom. The van der Waals surface area contributed by atoms with E-state index in [4.69, 9.17) is 10.4 Å². The van der Waals surface area contributed by atoms with E-state index in [1.807, 2.05) is 6.07 Å². The zero-order valence-electron chi connectivity index (χ0n) is 10.7. The maximum atomic E-state index is 13.7. The Kier molecular flexibility index (Phi) is 3.85. The summed E-state index contributed by atoms with van der Waals surface area (Å²) in [6.07, 6.45) is 0. The molecule has 1 atom stereocenters. The number of halogens is 2. The number of hydrogen-bond donors (Lipinski definition) is 2. The van der Waals surface area contributed by atoms with E-state index in [-0.39, 0.29) is 17.0 Å². The lowest BCUT2D eigenvalue weighted by Crippen LogP contribution is -2.09. The molecule has 0 aromatic heterocycles. The molecule has 0 radical (unpaired) electrons. The van der Waals surface area contributed by atoms with Gasteiger partial charge in [0.15, 0.2) is 0 Å². The summed E-state index contributed by atoms with van der Waals surface area (Å²) in [7, 11) is 0. The van der Waals surface area contributed by atoms with Crippen LogP contribution in [0.4, 0.5) is 14.5 Å². The lowest BCUT2D eigenvalue weighted by molar-refractivity contribution is 0.467. The summed E-state index contributed by atoms with van der Waals surface area (Å²) < 4.78 is 27.4. The van der Waals surface area contributed by atoms with Crippen LogP contribution in [0.1, 0.15) is 24.1 Å². The first kappa shape index (κ1) is 13.8. The monoisotopic (exact) mass is 274 g/mol. The first-order valence-electron chi connectivity index (χ1n) is 5.96. The standard InChI is InChI=1S/C15H12F2N2O/c1-9(12-4-3-11(20)7-13(12)16)19-15-5-2-10(8-18)6-14(15)17/h2-7,9,19-20H,1H3. The Balaban J connectivity index is 2.23. The smallest absolute Gasteiger partial charge is 0.147 e. The van der Waals surface area contributed by atoms with Gasteiger partial charge >= 0.3 is 0 Å². The van der Waals surface area contributed by atoms with Crippen molar-refractivity contribution in [2.75, 3.05) is 5.32 Å². The van der Waals surface area contributed by atoms with Gasteiger partial charge in [-0.2, -0.15) is 5.26 Å². The average Bonchev–Trinajstić information content (AvgIpc) is 2.40. The van der Waals surface area contributed by atoms with Gasteiger partial charge in [-0.15, -0.1) is 0 Å². The molecular weight excluding hydrogens is 262 g/mol. The fourth-order valence-corrected chi connectivity index (χ4v) is 1.88. The zero-order valence-corrected chi connectivity index (χ0v) is 10.7. The third-order valence-corrected chi connectivity index (χ3v) is 2.92. The van der Waals surface area contributed by atoms with Gasteiger partial charge in [-0.3, -0.25) is 0 Å². The second kappa shape index (κ2) is 5.57. The summed E-state index contributed by atoms with van der Waals surface area (Å²) in [5.41, 5.74) is 0.715. The number of rotatable bonds is 3. The van der Waals surface area contributed by atoms with Crippen LogP contribution in [-0.4, -0.2) is 5.11 Å². The van der Waals surface area contributed by atoms with E-state index in [9.17, 15) is 8.78 Å². The number of phenolic OH excluding ortho intramolecular Hbond substituents is 1. The summed E-state index contributed by atoms with van der Waals surface area (Å²) in [5, 5.41) is 20.7. The molecule has 0 fully saturated rings. The van der Waals surface area contributed by atoms with Gasteiger partial charge in [0.25, 0.3) is 0 Å². The van der Waals surface area contributed by atoms with Crippen LogP contribution in [0.5, 0.6) is 5.75 Å². The van der Waals surface area contributed by atoms with Crippen molar-refractivity contribution in [1.82, 2.24) is 0 Å². The average molecular weight is 274 g/mol. The Bertz CT molecular complexity index is 680. The molecule has 0 aliphatic carbocycles. The molecule has 0 aliphatic heterocycles. The van der Waals surface area contributed by atoms with Gasteiger partial charge in [0.05, 0.1) is 23.4 Å². The quantitative estimate of drug-likeness (QED) is 0.897. The fraction of sp³-hybridized carbons (Fsp3) is 0.133. The topological polar surface area (TPSA) is 56.0 Å². The Labute approximate surface area is 115 Å². The molecule has 102 valence electrons. The van der Waals surface area contributed by atoms with Gasteiger partial charge in [-0.1, -0.05) is 6.07 Å². The second-order valence-corrected chi connectivity index (χ2v) is 4.38. The highest BCUT2D eigenvalue weighted by atomic mass is 19.1. The largest absolute Gasteiger partial charge is 0.508 e. The maximum Gasteiger partial charge on any atom is 0.147 e. The normalized spacial score (nSPS) is 11.7. The predicted molar refractivity (Wildman–Crippen MR) is 71.2 cm³/mol. The molecule has 2 N–H and O–H groups in total. The SMILES string of the molecule is CC(Nc1ccc(C#N)cc1F)c1ccc(O)cc1F. The molecule has 0 saturated carbocycles. The zero-order chi connectivity index (χ0) is 14.7.